The van der Waals surface area contributed by atoms with Crippen LogP contribution in [-0.2, 0) is 0 Å². The maximum atomic E-state index is 3.38. The number of piperidine rings is 1. The summed E-state index contributed by atoms with van der Waals surface area (Å²) in [6, 6.07) is 0. The minimum Gasteiger partial charge on any atom is -0.389 e. The van der Waals surface area contributed by atoms with E-state index < -0.39 is 0 Å². The molecule has 52 valence electrons. The van der Waals surface area contributed by atoms with Gasteiger partial charge in [0.05, 0.1) is 0 Å². The summed E-state index contributed by atoms with van der Waals surface area (Å²) < 4.78 is 0. The highest BCUT2D eigenvalue weighted by molar-refractivity contribution is 5.00. The van der Waals surface area contributed by atoms with Crippen LogP contribution < -0.4 is 5.32 Å². The first-order valence-corrected chi connectivity index (χ1v) is 3.86. The van der Waals surface area contributed by atoms with E-state index in [2.05, 4.69) is 18.3 Å². The molecule has 0 radical (unpaired) electrons. The molecule has 1 heterocycles. The van der Waals surface area contributed by atoms with Crippen molar-refractivity contribution in [3.05, 3.63) is 11.8 Å². The Morgan fingerprint density at radius 1 is 1.56 bits per heavy atom. The van der Waals surface area contributed by atoms with Crippen LogP contribution in [0.1, 0.15) is 32.6 Å². The monoisotopic (exact) mass is 125 g/mol. The summed E-state index contributed by atoms with van der Waals surface area (Å²) >= 11 is 0. The molecule has 1 aliphatic rings. The summed E-state index contributed by atoms with van der Waals surface area (Å²) in [5.41, 5.74) is 1.46. The number of allylic oxidation sites excluding steroid dienone is 2. The van der Waals surface area contributed by atoms with Gasteiger partial charge in [-0.25, -0.2) is 0 Å². The first-order chi connectivity index (χ1) is 4.43. The van der Waals surface area contributed by atoms with E-state index in [0.717, 1.165) is 0 Å². The summed E-state index contributed by atoms with van der Waals surface area (Å²) in [5, 5.41) is 3.38. The molecule has 1 fully saturated rings. The van der Waals surface area contributed by atoms with Crippen molar-refractivity contribution in [3.8, 4) is 0 Å². The fourth-order valence-corrected chi connectivity index (χ4v) is 1.20. The number of nitrogens with one attached hydrogen (secondary N) is 1. The van der Waals surface area contributed by atoms with Gasteiger partial charge in [0, 0.05) is 12.2 Å². The summed E-state index contributed by atoms with van der Waals surface area (Å²) in [4.78, 5) is 0. The van der Waals surface area contributed by atoms with E-state index in [-0.39, 0.29) is 0 Å². The van der Waals surface area contributed by atoms with Crippen molar-refractivity contribution in [2.24, 2.45) is 0 Å². The second-order valence-electron chi connectivity index (χ2n) is 2.52. The quantitative estimate of drug-likeness (QED) is 0.565. The van der Waals surface area contributed by atoms with Crippen molar-refractivity contribution in [3.63, 3.8) is 0 Å². The fourth-order valence-electron chi connectivity index (χ4n) is 1.20. The molecule has 9 heavy (non-hydrogen) atoms. The lowest BCUT2D eigenvalue weighted by atomic mass is 10.1. The zero-order valence-electron chi connectivity index (χ0n) is 6.11. The molecule has 0 amide bonds. The van der Waals surface area contributed by atoms with Gasteiger partial charge in [-0.3, -0.25) is 0 Å². The van der Waals surface area contributed by atoms with Crippen LogP contribution in [0.3, 0.4) is 0 Å². The molecule has 1 saturated heterocycles. The van der Waals surface area contributed by atoms with Crippen molar-refractivity contribution in [2.75, 3.05) is 6.54 Å². The largest absolute Gasteiger partial charge is 0.389 e. The maximum absolute atomic E-state index is 3.38. The van der Waals surface area contributed by atoms with Gasteiger partial charge >= 0.3 is 0 Å². The lowest BCUT2D eigenvalue weighted by Gasteiger charge is -2.15. The topological polar surface area (TPSA) is 12.0 Å². The molecule has 0 saturated carbocycles. The van der Waals surface area contributed by atoms with E-state index in [1.807, 2.05) is 0 Å². The Bertz CT molecular complexity index is 97.1. The van der Waals surface area contributed by atoms with Crippen LogP contribution in [0, 0.1) is 0 Å². The molecule has 0 bridgehead atoms. The second-order valence-corrected chi connectivity index (χ2v) is 2.52. The summed E-state index contributed by atoms with van der Waals surface area (Å²) in [5.74, 6) is 0. The molecule has 1 rings (SSSR count). The van der Waals surface area contributed by atoms with Crippen molar-refractivity contribution >= 4 is 0 Å². The molecule has 1 N–H and O–H groups in total. The molecule has 0 unspecified atom stereocenters. The van der Waals surface area contributed by atoms with Gasteiger partial charge in [-0.15, -0.1) is 0 Å². The molecule has 0 aromatic rings. The van der Waals surface area contributed by atoms with Crippen molar-refractivity contribution in [1.29, 1.82) is 0 Å². The Kier molecular flexibility index (Phi) is 2.62. The van der Waals surface area contributed by atoms with Gasteiger partial charge in [-0.1, -0.05) is 13.0 Å². The van der Waals surface area contributed by atoms with Crippen molar-refractivity contribution < 1.29 is 0 Å². The zero-order valence-corrected chi connectivity index (χ0v) is 6.11. The van der Waals surface area contributed by atoms with Crippen molar-refractivity contribution in [1.82, 2.24) is 5.32 Å². The third kappa shape index (κ3) is 2.08. The van der Waals surface area contributed by atoms with Crippen LogP contribution in [0.2, 0.25) is 0 Å². The van der Waals surface area contributed by atoms with Crippen LogP contribution in [-0.4, -0.2) is 6.54 Å². The van der Waals surface area contributed by atoms with Crippen LogP contribution in [0.15, 0.2) is 11.8 Å². The highest BCUT2D eigenvalue weighted by atomic mass is 14.9. The number of hydrogen-bond acceptors (Lipinski definition) is 1. The Labute approximate surface area is 57.1 Å². The first kappa shape index (κ1) is 6.66. The first-order valence-electron chi connectivity index (χ1n) is 3.86. The van der Waals surface area contributed by atoms with E-state index in [9.17, 15) is 0 Å². The maximum Gasteiger partial charge on any atom is 0.0143 e. The van der Waals surface area contributed by atoms with E-state index in [1.165, 1.54) is 37.9 Å². The standard InChI is InChI=1S/C8H15N/c1-2-5-8-6-3-4-7-9-8/h5,9H,2-4,6-7H2,1H3/b8-5+. The van der Waals surface area contributed by atoms with Gasteiger partial charge < -0.3 is 5.32 Å². The Morgan fingerprint density at radius 2 is 2.44 bits per heavy atom. The number of rotatable bonds is 1. The van der Waals surface area contributed by atoms with Gasteiger partial charge in [0.1, 0.15) is 0 Å². The predicted octanol–water partition coefficient (Wildman–Crippen LogP) is 2.05. The Balaban J connectivity index is 2.30. The highest BCUT2D eigenvalue weighted by Gasteiger charge is 2.01. The van der Waals surface area contributed by atoms with Gasteiger partial charge in [0.25, 0.3) is 0 Å². The van der Waals surface area contributed by atoms with E-state index in [1.54, 1.807) is 0 Å². The molecule has 1 heteroatoms. The molecule has 0 aromatic carbocycles. The highest BCUT2D eigenvalue weighted by Crippen LogP contribution is 2.09. The third-order valence-corrected chi connectivity index (χ3v) is 1.68. The Hall–Kier alpha value is -0.460. The van der Waals surface area contributed by atoms with Gasteiger partial charge in [-0.05, 0) is 25.7 Å². The number of hydrogen-bond donors (Lipinski definition) is 1. The Morgan fingerprint density at radius 3 is 3.00 bits per heavy atom. The van der Waals surface area contributed by atoms with E-state index in [0.29, 0.717) is 0 Å². The summed E-state index contributed by atoms with van der Waals surface area (Å²) in [7, 11) is 0. The van der Waals surface area contributed by atoms with Gasteiger partial charge in [-0.2, -0.15) is 0 Å². The lowest BCUT2D eigenvalue weighted by molar-refractivity contribution is 0.585. The second kappa shape index (κ2) is 3.54. The summed E-state index contributed by atoms with van der Waals surface area (Å²) in [6.45, 7) is 3.37. The van der Waals surface area contributed by atoms with Gasteiger partial charge in [0.15, 0.2) is 0 Å². The van der Waals surface area contributed by atoms with Crippen molar-refractivity contribution in [2.45, 2.75) is 32.6 Å². The molecule has 0 atom stereocenters. The molecule has 0 aromatic heterocycles. The summed E-state index contributed by atoms with van der Waals surface area (Å²) in [6.07, 6.45) is 7.45. The SMILES string of the molecule is CC/C=C1\CCCCN1. The van der Waals surface area contributed by atoms with Crippen LogP contribution in [0.4, 0.5) is 0 Å². The molecule has 0 aliphatic carbocycles. The third-order valence-electron chi connectivity index (χ3n) is 1.68. The smallest absolute Gasteiger partial charge is 0.0143 e. The average molecular weight is 125 g/mol. The fraction of sp³-hybridized carbons (Fsp3) is 0.750. The zero-order chi connectivity index (χ0) is 6.53. The molecule has 1 aliphatic heterocycles. The van der Waals surface area contributed by atoms with Crippen LogP contribution >= 0.6 is 0 Å². The minimum atomic E-state index is 1.17. The minimum absolute atomic E-state index is 1.17. The molecule has 0 spiro atoms. The van der Waals surface area contributed by atoms with E-state index >= 15 is 0 Å². The van der Waals surface area contributed by atoms with Crippen LogP contribution in [0.25, 0.3) is 0 Å². The van der Waals surface area contributed by atoms with Gasteiger partial charge in [0.2, 0.25) is 0 Å². The van der Waals surface area contributed by atoms with Crippen LogP contribution in [0.5, 0.6) is 0 Å². The molecular formula is C8H15N. The molecule has 1 nitrogen and oxygen atoms in total. The van der Waals surface area contributed by atoms with E-state index in [4.69, 9.17) is 0 Å². The average Bonchev–Trinajstić information content (AvgIpc) is 1.91. The molecular weight excluding hydrogens is 110 g/mol. The predicted molar refractivity (Wildman–Crippen MR) is 40.2 cm³/mol. The normalized spacial score (nSPS) is 23.9. The lowest BCUT2D eigenvalue weighted by Crippen LogP contribution is -2.19.